The van der Waals surface area contributed by atoms with Crippen LogP contribution < -0.4 is 10.2 Å². The summed E-state index contributed by atoms with van der Waals surface area (Å²) < 4.78 is 5.09. The van der Waals surface area contributed by atoms with Gasteiger partial charge in [0, 0.05) is 33.1 Å². The molecule has 1 aromatic heterocycles. The van der Waals surface area contributed by atoms with Gasteiger partial charge in [0.15, 0.2) is 0 Å². The predicted molar refractivity (Wildman–Crippen MR) is 53.4 cm³/mol. The van der Waals surface area contributed by atoms with Gasteiger partial charge in [-0.25, -0.2) is 0 Å². The Kier molecular flexibility index (Phi) is 2.67. The molecule has 5 nitrogen and oxygen atoms in total. The molecule has 5 heteroatoms. The number of rotatable bonds is 5. The van der Waals surface area contributed by atoms with Crippen LogP contribution in [0, 0.1) is 0 Å². The fourth-order valence-electron chi connectivity index (χ4n) is 1.20. The highest BCUT2D eigenvalue weighted by atomic mass is 16.5. The van der Waals surface area contributed by atoms with Crippen molar-refractivity contribution in [2.75, 3.05) is 25.5 Å². The van der Waals surface area contributed by atoms with E-state index in [9.17, 15) is 0 Å². The third kappa shape index (κ3) is 2.45. The number of anilines is 1. The average molecular weight is 196 g/mol. The molecule has 0 radical (unpaired) electrons. The molecule has 2 rings (SSSR count). The van der Waals surface area contributed by atoms with Crippen LogP contribution >= 0.6 is 0 Å². The minimum atomic E-state index is 0.645. The maximum atomic E-state index is 5.09. The van der Waals surface area contributed by atoms with Gasteiger partial charge in [0.1, 0.15) is 0 Å². The van der Waals surface area contributed by atoms with E-state index in [0.29, 0.717) is 11.8 Å². The Hall–Kier alpha value is -1.10. The van der Waals surface area contributed by atoms with Crippen molar-refractivity contribution < 1.29 is 4.52 Å². The first-order valence-corrected chi connectivity index (χ1v) is 4.99. The van der Waals surface area contributed by atoms with E-state index in [0.717, 1.165) is 19.0 Å². The first-order chi connectivity index (χ1) is 6.75. The third-order valence-electron chi connectivity index (χ3n) is 2.21. The van der Waals surface area contributed by atoms with E-state index in [2.05, 4.69) is 15.5 Å². The topological polar surface area (TPSA) is 54.2 Å². The SMILES string of the molecule is CN(C)c1noc(CCNC2CC2)n1. The van der Waals surface area contributed by atoms with Gasteiger partial charge < -0.3 is 14.7 Å². The average Bonchev–Trinajstić information content (AvgIpc) is 2.82. The quantitative estimate of drug-likeness (QED) is 0.740. The lowest BCUT2D eigenvalue weighted by Gasteiger charge is -2.02. The minimum Gasteiger partial charge on any atom is -0.344 e. The second kappa shape index (κ2) is 3.96. The van der Waals surface area contributed by atoms with Crippen molar-refractivity contribution in [2.24, 2.45) is 0 Å². The van der Waals surface area contributed by atoms with E-state index in [1.54, 1.807) is 0 Å². The molecule has 0 atom stereocenters. The Bertz CT molecular complexity index is 293. The Balaban J connectivity index is 1.77. The molecule has 1 heterocycles. The van der Waals surface area contributed by atoms with Gasteiger partial charge in [0.05, 0.1) is 0 Å². The van der Waals surface area contributed by atoms with Gasteiger partial charge in [-0.2, -0.15) is 4.98 Å². The molecule has 0 spiro atoms. The summed E-state index contributed by atoms with van der Waals surface area (Å²) in [5, 5.41) is 7.24. The van der Waals surface area contributed by atoms with Crippen molar-refractivity contribution in [1.82, 2.24) is 15.5 Å². The van der Waals surface area contributed by atoms with Crippen LogP contribution in [0.4, 0.5) is 5.95 Å². The zero-order valence-electron chi connectivity index (χ0n) is 8.66. The molecular formula is C9H16N4O. The second-order valence-corrected chi connectivity index (χ2v) is 3.86. The van der Waals surface area contributed by atoms with E-state index in [1.807, 2.05) is 19.0 Å². The van der Waals surface area contributed by atoms with Gasteiger partial charge in [-0.15, -0.1) is 0 Å². The van der Waals surface area contributed by atoms with E-state index in [1.165, 1.54) is 12.8 Å². The van der Waals surface area contributed by atoms with Crippen molar-refractivity contribution in [1.29, 1.82) is 0 Å². The summed E-state index contributed by atoms with van der Waals surface area (Å²) in [4.78, 5) is 6.07. The molecule has 14 heavy (non-hydrogen) atoms. The van der Waals surface area contributed by atoms with E-state index < -0.39 is 0 Å². The molecule has 1 aromatic rings. The summed E-state index contributed by atoms with van der Waals surface area (Å²) in [6.07, 6.45) is 3.44. The zero-order chi connectivity index (χ0) is 9.97. The lowest BCUT2D eigenvalue weighted by molar-refractivity contribution is 0.375. The normalized spacial score (nSPS) is 15.9. The first-order valence-electron chi connectivity index (χ1n) is 4.99. The fourth-order valence-corrected chi connectivity index (χ4v) is 1.20. The third-order valence-corrected chi connectivity index (χ3v) is 2.21. The van der Waals surface area contributed by atoms with E-state index >= 15 is 0 Å². The van der Waals surface area contributed by atoms with Gasteiger partial charge in [-0.1, -0.05) is 0 Å². The Morgan fingerprint density at radius 3 is 2.86 bits per heavy atom. The lowest BCUT2D eigenvalue weighted by atomic mass is 10.4. The summed E-state index contributed by atoms with van der Waals surface area (Å²) in [7, 11) is 3.80. The maximum Gasteiger partial charge on any atom is 0.265 e. The number of nitrogens with zero attached hydrogens (tertiary/aromatic N) is 3. The van der Waals surface area contributed by atoms with Crippen molar-refractivity contribution in [3.63, 3.8) is 0 Å². The van der Waals surface area contributed by atoms with Crippen LogP contribution in [0.25, 0.3) is 0 Å². The summed E-state index contributed by atoms with van der Waals surface area (Å²) in [6.45, 7) is 0.930. The molecule has 1 saturated carbocycles. The highest BCUT2D eigenvalue weighted by Crippen LogP contribution is 2.18. The molecule has 0 bridgehead atoms. The van der Waals surface area contributed by atoms with Gasteiger partial charge in [0.2, 0.25) is 5.89 Å². The molecule has 0 amide bonds. The Morgan fingerprint density at radius 1 is 1.50 bits per heavy atom. The standard InChI is InChI=1S/C9H16N4O/c1-13(2)9-11-8(14-12-9)5-6-10-7-3-4-7/h7,10H,3-6H2,1-2H3. The van der Waals surface area contributed by atoms with Crippen molar-refractivity contribution in [3.05, 3.63) is 5.89 Å². The Morgan fingerprint density at radius 2 is 2.29 bits per heavy atom. The van der Waals surface area contributed by atoms with E-state index in [-0.39, 0.29) is 0 Å². The predicted octanol–water partition coefficient (Wildman–Crippen LogP) is 0.430. The van der Waals surface area contributed by atoms with Crippen molar-refractivity contribution in [2.45, 2.75) is 25.3 Å². The molecular weight excluding hydrogens is 180 g/mol. The smallest absolute Gasteiger partial charge is 0.265 e. The lowest BCUT2D eigenvalue weighted by Crippen LogP contribution is -2.19. The number of hydrogen-bond donors (Lipinski definition) is 1. The number of hydrogen-bond acceptors (Lipinski definition) is 5. The van der Waals surface area contributed by atoms with Crippen molar-refractivity contribution in [3.8, 4) is 0 Å². The number of aromatic nitrogens is 2. The summed E-state index contributed by atoms with van der Waals surface area (Å²) in [6, 6.07) is 0.742. The van der Waals surface area contributed by atoms with Crippen LogP contribution in [0.1, 0.15) is 18.7 Å². The summed E-state index contributed by atoms with van der Waals surface area (Å²) >= 11 is 0. The first kappa shape index (κ1) is 9.45. The molecule has 78 valence electrons. The van der Waals surface area contributed by atoms with Gasteiger partial charge in [-0.05, 0) is 18.0 Å². The highest BCUT2D eigenvalue weighted by molar-refractivity contribution is 5.23. The highest BCUT2D eigenvalue weighted by Gasteiger charge is 2.20. The van der Waals surface area contributed by atoms with Crippen LogP contribution in [0.3, 0.4) is 0 Å². The molecule has 0 aromatic carbocycles. The molecule has 1 aliphatic rings. The van der Waals surface area contributed by atoms with Gasteiger partial charge >= 0.3 is 0 Å². The van der Waals surface area contributed by atoms with Crippen LogP contribution in [-0.2, 0) is 6.42 Å². The van der Waals surface area contributed by atoms with Crippen LogP contribution in [0.2, 0.25) is 0 Å². The molecule has 1 aliphatic carbocycles. The van der Waals surface area contributed by atoms with Crippen LogP contribution in [-0.4, -0.2) is 36.8 Å². The van der Waals surface area contributed by atoms with Crippen molar-refractivity contribution >= 4 is 5.95 Å². The fraction of sp³-hybridized carbons (Fsp3) is 0.778. The molecule has 0 saturated heterocycles. The van der Waals surface area contributed by atoms with Crippen LogP contribution in [0.15, 0.2) is 4.52 Å². The van der Waals surface area contributed by atoms with Gasteiger partial charge in [0.25, 0.3) is 5.95 Å². The Labute approximate surface area is 83.5 Å². The maximum absolute atomic E-state index is 5.09. The molecule has 1 fully saturated rings. The zero-order valence-corrected chi connectivity index (χ0v) is 8.66. The minimum absolute atomic E-state index is 0.645. The molecule has 1 N–H and O–H groups in total. The molecule has 0 unspecified atom stereocenters. The monoisotopic (exact) mass is 196 g/mol. The largest absolute Gasteiger partial charge is 0.344 e. The summed E-state index contributed by atoms with van der Waals surface area (Å²) in [5.41, 5.74) is 0. The summed E-state index contributed by atoms with van der Waals surface area (Å²) in [5.74, 6) is 1.35. The van der Waals surface area contributed by atoms with Gasteiger partial charge in [-0.3, -0.25) is 0 Å². The van der Waals surface area contributed by atoms with E-state index in [4.69, 9.17) is 4.52 Å². The second-order valence-electron chi connectivity index (χ2n) is 3.86. The molecule has 0 aliphatic heterocycles. The number of nitrogens with one attached hydrogen (secondary N) is 1. The van der Waals surface area contributed by atoms with Crippen LogP contribution in [0.5, 0.6) is 0 Å².